The van der Waals surface area contributed by atoms with Crippen molar-refractivity contribution in [3.63, 3.8) is 0 Å². The van der Waals surface area contributed by atoms with Crippen LogP contribution in [0.3, 0.4) is 0 Å². The van der Waals surface area contributed by atoms with E-state index in [1.54, 1.807) is 30.0 Å². The molecule has 0 saturated heterocycles. The fourth-order valence-corrected chi connectivity index (χ4v) is 3.58. The van der Waals surface area contributed by atoms with Crippen LogP contribution < -0.4 is 10.2 Å². The Balaban J connectivity index is 1.40. The maximum atomic E-state index is 12.9. The number of carbonyl (C=O) groups is 2. The molecular weight excluding hydrogens is 422 g/mol. The van der Waals surface area contributed by atoms with Crippen LogP contribution in [0.15, 0.2) is 89.6 Å². The van der Waals surface area contributed by atoms with Crippen LogP contribution in [-0.2, 0) is 22.6 Å². The van der Waals surface area contributed by atoms with E-state index in [1.165, 1.54) is 0 Å². The highest BCUT2D eigenvalue weighted by Crippen LogP contribution is 2.25. The molecule has 0 radical (unpaired) electrons. The summed E-state index contributed by atoms with van der Waals surface area (Å²) < 4.78 is 0. The Morgan fingerprint density at radius 1 is 0.969 bits per heavy atom. The van der Waals surface area contributed by atoms with Crippen molar-refractivity contribution >= 4 is 41.0 Å². The summed E-state index contributed by atoms with van der Waals surface area (Å²) in [6, 6.07) is 24.4. The second-order valence-electron chi connectivity index (χ2n) is 7.49. The average Bonchev–Trinajstić information content (AvgIpc) is 3.08. The maximum Gasteiger partial charge on any atom is 0.282 e. The number of benzene rings is 3. The monoisotopic (exact) mass is 443 g/mol. The number of halogens is 1. The molecule has 3 aromatic rings. The number of carbonyl (C=O) groups excluding carboxylic acids is 2. The van der Waals surface area contributed by atoms with Crippen LogP contribution in [0.4, 0.5) is 5.69 Å². The van der Waals surface area contributed by atoms with Gasteiger partial charge in [-0.1, -0.05) is 66.2 Å². The second-order valence-corrected chi connectivity index (χ2v) is 7.92. The van der Waals surface area contributed by atoms with Crippen LogP contribution in [0.1, 0.15) is 23.6 Å². The SMILES string of the molecule is CC1=NC(=Cc2ccc(Cl)cc2)C(=O)N1c1ccc(CC(=O)NCc2ccccc2)cc1. The van der Waals surface area contributed by atoms with E-state index < -0.39 is 0 Å². The topological polar surface area (TPSA) is 61.8 Å². The molecule has 2 amide bonds. The van der Waals surface area contributed by atoms with Gasteiger partial charge in [0, 0.05) is 11.6 Å². The number of aliphatic imine (C=N–C) groups is 1. The molecule has 1 N–H and O–H groups in total. The first kappa shape index (κ1) is 21.5. The fraction of sp³-hybridized carbons (Fsp3) is 0.115. The first-order valence-corrected chi connectivity index (χ1v) is 10.6. The number of rotatable bonds is 6. The van der Waals surface area contributed by atoms with Crippen LogP contribution in [0.5, 0.6) is 0 Å². The Hall–Kier alpha value is -3.70. The molecule has 4 rings (SSSR count). The molecule has 160 valence electrons. The minimum absolute atomic E-state index is 0.0511. The van der Waals surface area contributed by atoms with Crippen molar-refractivity contribution in [2.24, 2.45) is 4.99 Å². The first-order valence-electron chi connectivity index (χ1n) is 10.3. The van der Waals surface area contributed by atoms with Gasteiger partial charge in [-0.25, -0.2) is 4.99 Å². The van der Waals surface area contributed by atoms with E-state index >= 15 is 0 Å². The highest BCUT2D eigenvalue weighted by molar-refractivity contribution is 6.30. The summed E-state index contributed by atoms with van der Waals surface area (Å²) >= 11 is 5.92. The molecule has 0 bridgehead atoms. The molecule has 1 heterocycles. The molecule has 0 aliphatic carbocycles. The van der Waals surface area contributed by atoms with Gasteiger partial charge in [-0.05, 0) is 54.0 Å². The number of hydrogen-bond acceptors (Lipinski definition) is 3. The van der Waals surface area contributed by atoms with Gasteiger partial charge in [-0.2, -0.15) is 0 Å². The zero-order valence-corrected chi connectivity index (χ0v) is 18.3. The Morgan fingerprint density at radius 2 is 1.66 bits per heavy atom. The van der Waals surface area contributed by atoms with Crippen molar-refractivity contribution in [3.8, 4) is 0 Å². The van der Waals surface area contributed by atoms with E-state index in [1.807, 2.05) is 66.7 Å². The molecular formula is C26H22ClN3O2. The van der Waals surface area contributed by atoms with E-state index in [4.69, 9.17) is 11.6 Å². The third-order valence-corrected chi connectivity index (χ3v) is 5.35. The predicted octanol–water partition coefficient (Wildman–Crippen LogP) is 5.01. The Morgan fingerprint density at radius 3 is 2.34 bits per heavy atom. The third-order valence-electron chi connectivity index (χ3n) is 5.09. The molecule has 6 heteroatoms. The van der Waals surface area contributed by atoms with Gasteiger partial charge in [0.15, 0.2) is 0 Å². The van der Waals surface area contributed by atoms with Crippen LogP contribution in [-0.4, -0.2) is 17.6 Å². The zero-order valence-electron chi connectivity index (χ0n) is 17.6. The Kier molecular flexibility index (Phi) is 6.47. The lowest BCUT2D eigenvalue weighted by molar-refractivity contribution is -0.120. The molecule has 1 aliphatic rings. The summed E-state index contributed by atoms with van der Waals surface area (Å²) in [6.07, 6.45) is 2.02. The molecule has 32 heavy (non-hydrogen) atoms. The number of nitrogens with one attached hydrogen (secondary N) is 1. The Bertz CT molecular complexity index is 1180. The van der Waals surface area contributed by atoms with E-state index in [0.717, 1.165) is 16.7 Å². The van der Waals surface area contributed by atoms with Crippen molar-refractivity contribution in [1.82, 2.24) is 5.32 Å². The van der Waals surface area contributed by atoms with E-state index in [9.17, 15) is 9.59 Å². The standard InChI is InChI=1S/C26H22ClN3O2/c1-18-29-24(15-19-7-11-22(27)12-8-19)26(32)30(18)23-13-9-20(10-14-23)16-25(31)28-17-21-5-3-2-4-6-21/h2-15H,16-17H2,1H3,(H,28,31). The van der Waals surface area contributed by atoms with Crippen LogP contribution in [0, 0.1) is 0 Å². The summed E-state index contributed by atoms with van der Waals surface area (Å²) in [5, 5.41) is 3.56. The number of nitrogens with zero attached hydrogens (tertiary/aromatic N) is 2. The van der Waals surface area contributed by atoms with Gasteiger partial charge in [0.1, 0.15) is 11.5 Å². The molecule has 5 nitrogen and oxygen atoms in total. The lowest BCUT2D eigenvalue weighted by Crippen LogP contribution is -2.30. The van der Waals surface area contributed by atoms with E-state index in [0.29, 0.717) is 28.8 Å². The molecule has 1 aliphatic heterocycles. The number of amidine groups is 1. The lowest BCUT2D eigenvalue weighted by Gasteiger charge is -2.16. The van der Waals surface area contributed by atoms with Gasteiger partial charge >= 0.3 is 0 Å². The number of anilines is 1. The van der Waals surface area contributed by atoms with Crippen molar-refractivity contribution < 1.29 is 9.59 Å². The fourth-order valence-electron chi connectivity index (χ4n) is 3.46. The van der Waals surface area contributed by atoms with E-state index in [-0.39, 0.29) is 18.2 Å². The molecule has 3 aromatic carbocycles. The van der Waals surface area contributed by atoms with Crippen molar-refractivity contribution in [2.75, 3.05) is 4.90 Å². The highest BCUT2D eigenvalue weighted by Gasteiger charge is 2.28. The van der Waals surface area contributed by atoms with Crippen molar-refractivity contribution in [1.29, 1.82) is 0 Å². The normalized spacial score (nSPS) is 14.6. The van der Waals surface area contributed by atoms with Crippen LogP contribution in [0.25, 0.3) is 6.08 Å². The smallest absolute Gasteiger partial charge is 0.282 e. The molecule has 0 spiro atoms. The molecule has 0 fully saturated rings. The number of amides is 2. The molecule has 0 aromatic heterocycles. The van der Waals surface area contributed by atoms with Gasteiger partial charge in [0.25, 0.3) is 5.91 Å². The van der Waals surface area contributed by atoms with Gasteiger partial charge in [0.2, 0.25) is 5.91 Å². The summed E-state index contributed by atoms with van der Waals surface area (Å²) in [6.45, 7) is 2.30. The van der Waals surface area contributed by atoms with Crippen molar-refractivity contribution in [2.45, 2.75) is 19.9 Å². The number of hydrogen-bond donors (Lipinski definition) is 1. The summed E-state index contributed by atoms with van der Waals surface area (Å²) in [7, 11) is 0. The average molecular weight is 444 g/mol. The largest absolute Gasteiger partial charge is 0.352 e. The molecule has 0 saturated carbocycles. The maximum absolute atomic E-state index is 12.9. The quantitative estimate of drug-likeness (QED) is 0.544. The first-order chi connectivity index (χ1) is 15.5. The van der Waals surface area contributed by atoms with E-state index in [2.05, 4.69) is 10.3 Å². The van der Waals surface area contributed by atoms with Crippen molar-refractivity contribution in [3.05, 3.63) is 106 Å². The Labute approximate surface area is 192 Å². The van der Waals surface area contributed by atoms with Gasteiger partial charge in [-0.15, -0.1) is 0 Å². The van der Waals surface area contributed by atoms with Crippen LogP contribution in [0.2, 0.25) is 5.02 Å². The lowest BCUT2D eigenvalue weighted by atomic mass is 10.1. The highest BCUT2D eigenvalue weighted by atomic mass is 35.5. The van der Waals surface area contributed by atoms with Gasteiger partial charge < -0.3 is 5.32 Å². The van der Waals surface area contributed by atoms with Gasteiger partial charge in [-0.3, -0.25) is 14.5 Å². The predicted molar refractivity (Wildman–Crippen MR) is 128 cm³/mol. The summed E-state index contributed by atoms with van der Waals surface area (Å²) in [4.78, 5) is 31.2. The molecule has 0 atom stereocenters. The second kappa shape index (κ2) is 9.62. The van der Waals surface area contributed by atoms with Crippen LogP contribution >= 0.6 is 11.6 Å². The summed E-state index contributed by atoms with van der Waals surface area (Å²) in [5.41, 5.74) is 3.87. The zero-order chi connectivity index (χ0) is 22.5. The minimum Gasteiger partial charge on any atom is -0.352 e. The minimum atomic E-state index is -0.189. The molecule has 0 unspecified atom stereocenters. The summed E-state index contributed by atoms with van der Waals surface area (Å²) in [5.74, 6) is 0.360. The van der Waals surface area contributed by atoms with Gasteiger partial charge in [0.05, 0.1) is 12.1 Å². The third kappa shape index (κ3) is 5.13.